The maximum atomic E-state index is 11.5. The highest BCUT2D eigenvalue weighted by molar-refractivity contribution is 5.90. The molecule has 4 heteroatoms. The van der Waals surface area contributed by atoms with Crippen molar-refractivity contribution < 1.29 is 9.59 Å². The van der Waals surface area contributed by atoms with Gasteiger partial charge in [-0.3, -0.25) is 9.59 Å². The van der Waals surface area contributed by atoms with Crippen LogP contribution in [0.15, 0.2) is 12.7 Å². The molecule has 0 bridgehead atoms. The van der Waals surface area contributed by atoms with Crippen LogP contribution in [0, 0.1) is 5.92 Å². The van der Waals surface area contributed by atoms with Crippen molar-refractivity contribution in [1.82, 2.24) is 4.90 Å². The van der Waals surface area contributed by atoms with Gasteiger partial charge in [-0.05, 0) is 18.4 Å². The van der Waals surface area contributed by atoms with Gasteiger partial charge in [0.05, 0.1) is 6.54 Å². The van der Waals surface area contributed by atoms with Crippen molar-refractivity contribution in [2.45, 2.75) is 38.5 Å². The van der Waals surface area contributed by atoms with Crippen molar-refractivity contribution >= 4 is 11.8 Å². The van der Waals surface area contributed by atoms with Crippen molar-refractivity contribution in [2.24, 2.45) is 11.7 Å². The van der Waals surface area contributed by atoms with Gasteiger partial charge in [-0.2, -0.15) is 0 Å². The molecule has 0 aromatic heterocycles. The van der Waals surface area contributed by atoms with Gasteiger partial charge in [0, 0.05) is 6.54 Å². The van der Waals surface area contributed by atoms with E-state index in [9.17, 15) is 9.59 Å². The standard InChI is InChI=1S/C13H22N2O2/c1-2-13(17)15(10-12(14)16)9-8-11-6-4-3-5-7-11/h2,11H,1,3-10H2,(H2,14,16). The molecule has 4 nitrogen and oxygen atoms in total. The molecule has 0 aromatic carbocycles. The first-order chi connectivity index (χ1) is 8.13. The summed E-state index contributed by atoms with van der Waals surface area (Å²) in [5, 5.41) is 0. The van der Waals surface area contributed by atoms with E-state index in [1.807, 2.05) is 0 Å². The molecule has 2 N–H and O–H groups in total. The molecule has 2 amide bonds. The summed E-state index contributed by atoms with van der Waals surface area (Å²) < 4.78 is 0. The molecule has 0 unspecified atom stereocenters. The minimum atomic E-state index is -0.469. The van der Waals surface area contributed by atoms with E-state index in [0.29, 0.717) is 12.5 Å². The molecule has 17 heavy (non-hydrogen) atoms. The highest BCUT2D eigenvalue weighted by Gasteiger charge is 2.17. The fourth-order valence-corrected chi connectivity index (χ4v) is 2.40. The Morgan fingerprint density at radius 1 is 1.29 bits per heavy atom. The number of hydrogen-bond acceptors (Lipinski definition) is 2. The number of hydrogen-bond donors (Lipinski definition) is 1. The Morgan fingerprint density at radius 3 is 2.47 bits per heavy atom. The lowest BCUT2D eigenvalue weighted by Crippen LogP contribution is -2.38. The van der Waals surface area contributed by atoms with Crippen LogP contribution < -0.4 is 5.73 Å². The summed E-state index contributed by atoms with van der Waals surface area (Å²) >= 11 is 0. The molecule has 0 saturated heterocycles. The van der Waals surface area contributed by atoms with Crippen LogP contribution in [0.5, 0.6) is 0 Å². The van der Waals surface area contributed by atoms with Crippen molar-refractivity contribution in [3.63, 3.8) is 0 Å². The average Bonchev–Trinajstić information content (AvgIpc) is 2.34. The zero-order chi connectivity index (χ0) is 12.7. The van der Waals surface area contributed by atoms with Crippen LogP contribution >= 0.6 is 0 Å². The van der Waals surface area contributed by atoms with Crippen LogP contribution in [0.1, 0.15) is 38.5 Å². The smallest absolute Gasteiger partial charge is 0.246 e. The van der Waals surface area contributed by atoms with Crippen LogP contribution in [-0.4, -0.2) is 29.8 Å². The Balaban J connectivity index is 2.39. The molecule has 0 aliphatic heterocycles. The summed E-state index contributed by atoms with van der Waals surface area (Å²) in [4.78, 5) is 23.9. The summed E-state index contributed by atoms with van der Waals surface area (Å²) in [5.74, 6) is 0.0141. The predicted octanol–water partition coefficient (Wildman–Crippen LogP) is 1.46. The third kappa shape index (κ3) is 5.02. The second kappa shape index (κ2) is 7.09. The fraction of sp³-hybridized carbons (Fsp3) is 0.692. The molecule has 1 aliphatic rings. The highest BCUT2D eigenvalue weighted by Crippen LogP contribution is 2.26. The highest BCUT2D eigenvalue weighted by atomic mass is 16.2. The van der Waals surface area contributed by atoms with E-state index in [-0.39, 0.29) is 12.5 Å². The third-order valence-corrected chi connectivity index (χ3v) is 3.37. The van der Waals surface area contributed by atoms with Crippen molar-refractivity contribution in [1.29, 1.82) is 0 Å². The molecule has 96 valence electrons. The van der Waals surface area contributed by atoms with Crippen molar-refractivity contribution in [2.75, 3.05) is 13.1 Å². The molecular formula is C13H22N2O2. The minimum Gasteiger partial charge on any atom is -0.368 e. The first-order valence-corrected chi connectivity index (χ1v) is 6.33. The normalized spacial score (nSPS) is 16.5. The molecule has 1 fully saturated rings. The lowest BCUT2D eigenvalue weighted by Gasteiger charge is -2.25. The number of amides is 2. The van der Waals surface area contributed by atoms with Crippen LogP contribution in [0.4, 0.5) is 0 Å². The molecule has 0 heterocycles. The fourth-order valence-electron chi connectivity index (χ4n) is 2.40. The Morgan fingerprint density at radius 2 is 1.94 bits per heavy atom. The van der Waals surface area contributed by atoms with Crippen molar-refractivity contribution in [3.05, 3.63) is 12.7 Å². The number of carbonyl (C=O) groups excluding carboxylic acids is 2. The zero-order valence-corrected chi connectivity index (χ0v) is 10.4. The Bertz CT molecular complexity index is 283. The molecule has 1 rings (SSSR count). The van der Waals surface area contributed by atoms with Gasteiger partial charge in [0.2, 0.25) is 11.8 Å². The Labute approximate surface area is 103 Å². The lowest BCUT2D eigenvalue weighted by molar-refractivity contribution is -0.131. The molecule has 0 aromatic rings. The van der Waals surface area contributed by atoms with E-state index in [2.05, 4.69) is 6.58 Å². The average molecular weight is 238 g/mol. The van der Waals surface area contributed by atoms with E-state index in [4.69, 9.17) is 5.73 Å². The van der Waals surface area contributed by atoms with E-state index >= 15 is 0 Å². The third-order valence-electron chi connectivity index (χ3n) is 3.37. The quantitative estimate of drug-likeness (QED) is 0.712. The van der Waals surface area contributed by atoms with E-state index in [1.165, 1.54) is 43.1 Å². The largest absolute Gasteiger partial charge is 0.368 e. The molecule has 0 atom stereocenters. The second-order valence-electron chi connectivity index (χ2n) is 4.72. The van der Waals surface area contributed by atoms with Crippen LogP contribution in [0.2, 0.25) is 0 Å². The first kappa shape index (κ1) is 13.7. The Hall–Kier alpha value is -1.32. The molecule has 1 saturated carbocycles. The van der Waals surface area contributed by atoms with Gasteiger partial charge < -0.3 is 10.6 Å². The lowest BCUT2D eigenvalue weighted by atomic mass is 9.87. The van der Waals surface area contributed by atoms with E-state index in [1.54, 1.807) is 0 Å². The summed E-state index contributed by atoms with van der Waals surface area (Å²) in [6.07, 6.45) is 8.59. The maximum absolute atomic E-state index is 11.5. The number of carbonyl (C=O) groups is 2. The summed E-state index contributed by atoms with van der Waals surface area (Å²) in [6.45, 7) is 4.05. The zero-order valence-electron chi connectivity index (χ0n) is 10.4. The maximum Gasteiger partial charge on any atom is 0.246 e. The number of nitrogens with zero attached hydrogens (tertiary/aromatic N) is 1. The van der Waals surface area contributed by atoms with Gasteiger partial charge in [0.15, 0.2) is 0 Å². The van der Waals surface area contributed by atoms with Gasteiger partial charge in [-0.25, -0.2) is 0 Å². The van der Waals surface area contributed by atoms with E-state index < -0.39 is 5.91 Å². The van der Waals surface area contributed by atoms with Gasteiger partial charge in [-0.1, -0.05) is 38.7 Å². The minimum absolute atomic E-state index is 0.00241. The van der Waals surface area contributed by atoms with Gasteiger partial charge in [0.25, 0.3) is 0 Å². The topological polar surface area (TPSA) is 63.4 Å². The second-order valence-corrected chi connectivity index (χ2v) is 4.72. The summed E-state index contributed by atoms with van der Waals surface area (Å²) in [7, 11) is 0. The monoisotopic (exact) mass is 238 g/mol. The van der Waals surface area contributed by atoms with Crippen LogP contribution in [0.3, 0.4) is 0 Å². The van der Waals surface area contributed by atoms with Crippen molar-refractivity contribution in [3.8, 4) is 0 Å². The van der Waals surface area contributed by atoms with E-state index in [0.717, 1.165) is 6.42 Å². The van der Waals surface area contributed by atoms with Crippen LogP contribution in [0.25, 0.3) is 0 Å². The SMILES string of the molecule is C=CC(=O)N(CCC1CCCCC1)CC(N)=O. The molecule has 0 radical (unpaired) electrons. The molecule has 0 spiro atoms. The molecule has 1 aliphatic carbocycles. The number of rotatable bonds is 6. The van der Waals surface area contributed by atoms with Gasteiger partial charge >= 0.3 is 0 Å². The first-order valence-electron chi connectivity index (χ1n) is 6.33. The van der Waals surface area contributed by atoms with Crippen LogP contribution in [-0.2, 0) is 9.59 Å². The number of primary amides is 1. The molecular weight excluding hydrogens is 216 g/mol. The Kier molecular flexibility index (Phi) is 5.73. The summed E-state index contributed by atoms with van der Waals surface area (Å²) in [6, 6.07) is 0. The summed E-state index contributed by atoms with van der Waals surface area (Å²) in [5.41, 5.74) is 5.13. The van der Waals surface area contributed by atoms with Gasteiger partial charge in [-0.15, -0.1) is 0 Å². The number of nitrogens with two attached hydrogens (primary N) is 1. The predicted molar refractivity (Wildman–Crippen MR) is 67.2 cm³/mol. The van der Waals surface area contributed by atoms with Gasteiger partial charge in [0.1, 0.15) is 0 Å².